The molecule has 2 heterocycles. The molecule has 0 spiro atoms. The molecular formula is C32H45N3O5S. The summed E-state index contributed by atoms with van der Waals surface area (Å²) >= 11 is 1.36. The first-order valence-electron chi connectivity index (χ1n) is 14.5. The van der Waals surface area contributed by atoms with Gasteiger partial charge in [0.2, 0.25) is 11.8 Å². The van der Waals surface area contributed by atoms with Crippen molar-refractivity contribution >= 4 is 23.2 Å². The lowest BCUT2D eigenvalue weighted by Gasteiger charge is -2.34. The number of aromatic nitrogens is 1. The van der Waals surface area contributed by atoms with E-state index in [1.165, 1.54) is 29.4 Å². The summed E-state index contributed by atoms with van der Waals surface area (Å²) in [6.45, 7) is 12.3. The maximum absolute atomic E-state index is 13.0. The molecule has 0 bridgehead atoms. The molecule has 3 rings (SSSR count). The number of thiazole rings is 1. The van der Waals surface area contributed by atoms with E-state index in [1.54, 1.807) is 17.3 Å². The summed E-state index contributed by atoms with van der Waals surface area (Å²) in [6.07, 6.45) is 8.16. The van der Waals surface area contributed by atoms with E-state index in [4.69, 9.17) is 20.7 Å². The molecule has 41 heavy (non-hydrogen) atoms. The molecule has 9 heteroatoms. The highest BCUT2D eigenvalue weighted by Gasteiger charge is 2.47. The van der Waals surface area contributed by atoms with Crippen LogP contribution in [0.15, 0.2) is 29.6 Å². The minimum atomic E-state index is -0.621. The number of esters is 1. The second-order valence-corrected chi connectivity index (χ2v) is 12.3. The van der Waals surface area contributed by atoms with Gasteiger partial charge in [-0.2, -0.15) is 0 Å². The molecule has 2 unspecified atom stereocenters. The lowest BCUT2D eigenvalue weighted by atomic mass is 9.95. The summed E-state index contributed by atoms with van der Waals surface area (Å²) in [5.74, 6) is 2.68. The number of benzene rings is 1. The Morgan fingerprint density at radius 2 is 1.90 bits per heavy atom. The van der Waals surface area contributed by atoms with Crippen molar-refractivity contribution in [2.24, 2.45) is 11.8 Å². The first-order valence-corrected chi connectivity index (χ1v) is 15.4. The molecule has 0 saturated carbocycles. The van der Waals surface area contributed by atoms with Gasteiger partial charge < -0.3 is 19.2 Å². The average molecular weight is 584 g/mol. The average Bonchev–Trinajstić information content (AvgIpc) is 3.52. The number of nitrogens with zero attached hydrogens (tertiary/aromatic N) is 2. The lowest BCUT2D eigenvalue weighted by molar-refractivity contribution is -0.148. The van der Waals surface area contributed by atoms with Gasteiger partial charge in [-0.1, -0.05) is 52.0 Å². The van der Waals surface area contributed by atoms with E-state index in [1.807, 2.05) is 6.92 Å². The number of carbonyl (C=O) groups excluding carboxylic acids is 2. The van der Waals surface area contributed by atoms with E-state index in [0.29, 0.717) is 30.3 Å². The molecule has 2 aromatic rings. The van der Waals surface area contributed by atoms with E-state index in [-0.39, 0.29) is 35.4 Å². The zero-order chi connectivity index (χ0) is 30.2. The number of carbonyl (C=O) groups is 2. The van der Waals surface area contributed by atoms with Crippen LogP contribution in [0.4, 0.5) is 0 Å². The molecule has 1 aliphatic heterocycles. The van der Waals surface area contributed by atoms with Crippen molar-refractivity contribution in [2.75, 3.05) is 13.7 Å². The van der Waals surface area contributed by atoms with Crippen molar-refractivity contribution in [2.45, 2.75) is 97.4 Å². The van der Waals surface area contributed by atoms with Gasteiger partial charge in [-0.25, -0.2) is 4.98 Å². The second kappa shape index (κ2) is 14.8. The molecule has 1 aromatic heterocycles. The fourth-order valence-electron chi connectivity index (χ4n) is 4.80. The molecule has 1 aromatic carbocycles. The lowest BCUT2D eigenvalue weighted by Crippen LogP contribution is -2.44. The van der Waals surface area contributed by atoms with Crippen molar-refractivity contribution in [3.63, 3.8) is 0 Å². The summed E-state index contributed by atoms with van der Waals surface area (Å²) in [5.41, 5.74) is 5.35. The van der Waals surface area contributed by atoms with Crippen LogP contribution >= 0.6 is 11.3 Å². The van der Waals surface area contributed by atoms with E-state index < -0.39 is 12.1 Å². The summed E-state index contributed by atoms with van der Waals surface area (Å²) in [7, 11) is 1.79. The van der Waals surface area contributed by atoms with Crippen LogP contribution < -0.4 is 10.3 Å². The number of aryl methyl sites for hydroxylation is 1. The van der Waals surface area contributed by atoms with Crippen LogP contribution in [0, 0.1) is 24.2 Å². The number of hydroxylamine groups is 1. The van der Waals surface area contributed by atoms with Crippen molar-refractivity contribution in [3.05, 3.63) is 45.8 Å². The monoisotopic (exact) mass is 583 g/mol. The topological polar surface area (TPSA) is 93.3 Å². The molecule has 5 atom stereocenters. The number of epoxide rings is 1. The van der Waals surface area contributed by atoms with Gasteiger partial charge in [0.15, 0.2) is 6.10 Å². The maximum Gasteiger partial charge on any atom is 0.303 e. The van der Waals surface area contributed by atoms with Gasteiger partial charge in [-0.05, 0) is 43.2 Å². The number of amides is 1. The molecular weight excluding hydrogens is 538 g/mol. The quantitative estimate of drug-likeness (QED) is 0.120. The third-order valence-electron chi connectivity index (χ3n) is 7.86. The third kappa shape index (κ3) is 9.29. The first-order chi connectivity index (χ1) is 19.5. The zero-order valence-electron chi connectivity index (χ0n) is 25.4. The van der Waals surface area contributed by atoms with Gasteiger partial charge >= 0.3 is 5.97 Å². The Labute approximate surface area is 249 Å². The number of hydrogen-bond acceptors (Lipinski definition) is 8. The van der Waals surface area contributed by atoms with E-state index >= 15 is 0 Å². The van der Waals surface area contributed by atoms with Gasteiger partial charge in [0.05, 0.1) is 18.0 Å². The predicted molar refractivity (Wildman–Crippen MR) is 161 cm³/mol. The Bertz CT molecular complexity index is 1180. The standard InChI is InChI=1S/C32H45N3O5S/c1-9-23(10-2)17-30(37)35(8)26(21(4)5)18-27(39-22(6)36)31-33-29(19-41-31)40-34-28(32(7)20-38-32)16-25-14-12-24(11-3)13-15-25/h1,12-15,19,21,23,26-28,34H,10-11,16-18,20H2,2-8H3/t23?,26-,27-,28+,32?/m1/s1. The van der Waals surface area contributed by atoms with Crippen molar-refractivity contribution < 1.29 is 23.9 Å². The smallest absolute Gasteiger partial charge is 0.303 e. The number of rotatable bonds is 16. The van der Waals surface area contributed by atoms with Crippen LogP contribution in [0.25, 0.3) is 0 Å². The van der Waals surface area contributed by atoms with E-state index in [2.05, 4.69) is 68.3 Å². The number of hydrogen-bond donors (Lipinski definition) is 1. The summed E-state index contributed by atoms with van der Waals surface area (Å²) in [4.78, 5) is 37.4. The highest BCUT2D eigenvalue weighted by atomic mass is 32.1. The Morgan fingerprint density at radius 1 is 1.24 bits per heavy atom. The normalized spacial score (nSPS) is 19.1. The summed E-state index contributed by atoms with van der Waals surface area (Å²) < 4.78 is 11.5. The summed E-state index contributed by atoms with van der Waals surface area (Å²) in [6, 6.07) is 8.33. The molecule has 224 valence electrons. The number of nitrogens with one attached hydrogen (secondary N) is 1. The molecule has 8 nitrogen and oxygen atoms in total. The number of ether oxygens (including phenoxy) is 2. The second-order valence-electron chi connectivity index (χ2n) is 11.4. The van der Waals surface area contributed by atoms with Gasteiger partial charge in [0, 0.05) is 38.8 Å². The molecule has 1 saturated heterocycles. The van der Waals surface area contributed by atoms with Crippen molar-refractivity contribution in [1.82, 2.24) is 15.4 Å². The minimum absolute atomic E-state index is 0.0198. The molecule has 0 aliphatic carbocycles. The minimum Gasteiger partial charge on any atom is -0.455 e. The Kier molecular flexibility index (Phi) is 11.8. The molecule has 1 amide bonds. The SMILES string of the molecule is C#CC(CC)CC(=O)N(C)[C@H](C[C@@H](OC(C)=O)c1nc(ON[C@@H](Cc2ccc(CC)cc2)C2(C)CO2)cs1)C(C)C. The van der Waals surface area contributed by atoms with Crippen molar-refractivity contribution in [1.29, 1.82) is 0 Å². The Balaban J connectivity index is 1.70. The fraction of sp³-hybridized carbons (Fsp3) is 0.594. The van der Waals surface area contributed by atoms with Gasteiger partial charge in [-0.3, -0.25) is 9.59 Å². The van der Waals surface area contributed by atoms with Crippen LogP contribution in [-0.4, -0.2) is 53.1 Å². The Hall–Kier alpha value is -2.93. The fourth-order valence-corrected chi connectivity index (χ4v) is 5.56. The maximum atomic E-state index is 13.0. The predicted octanol–water partition coefficient (Wildman–Crippen LogP) is 5.52. The molecule has 1 N–H and O–H groups in total. The summed E-state index contributed by atoms with van der Waals surface area (Å²) in [5, 5.41) is 2.40. The van der Waals surface area contributed by atoms with Crippen LogP contribution in [0.1, 0.15) is 83.0 Å². The molecule has 1 fully saturated rings. The highest BCUT2D eigenvalue weighted by Crippen LogP contribution is 2.34. The largest absolute Gasteiger partial charge is 0.455 e. The van der Waals surface area contributed by atoms with E-state index in [9.17, 15) is 9.59 Å². The first kappa shape index (κ1) is 32.6. The molecule has 0 radical (unpaired) electrons. The van der Waals surface area contributed by atoms with Crippen LogP contribution in [-0.2, 0) is 31.9 Å². The van der Waals surface area contributed by atoms with E-state index in [0.717, 1.165) is 19.3 Å². The highest BCUT2D eigenvalue weighted by molar-refractivity contribution is 7.09. The number of terminal acetylenes is 1. The van der Waals surface area contributed by atoms with Crippen LogP contribution in [0.2, 0.25) is 0 Å². The van der Waals surface area contributed by atoms with Crippen molar-refractivity contribution in [3.8, 4) is 18.2 Å². The Morgan fingerprint density at radius 3 is 2.44 bits per heavy atom. The van der Waals surface area contributed by atoms with Crippen LogP contribution in [0.5, 0.6) is 5.88 Å². The van der Waals surface area contributed by atoms with Gasteiger partial charge in [0.1, 0.15) is 10.6 Å². The van der Waals surface area contributed by atoms with Crippen LogP contribution in [0.3, 0.4) is 0 Å². The third-order valence-corrected chi connectivity index (χ3v) is 8.78. The molecule has 1 aliphatic rings. The van der Waals surface area contributed by atoms with Gasteiger partial charge in [-0.15, -0.1) is 29.2 Å². The zero-order valence-corrected chi connectivity index (χ0v) is 26.3. The van der Waals surface area contributed by atoms with Gasteiger partial charge in [0.25, 0.3) is 0 Å².